The van der Waals surface area contributed by atoms with Gasteiger partial charge in [0.15, 0.2) is 0 Å². The Balaban J connectivity index is 2.20. The molecule has 2 N–H and O–H groups in total. The molecule has 6 heteroatoms. The molecule has 0 bridgehead atoms. The van der Waals surface area contributed by atoms with E-state index in [9.17, 15) is 0 Å². The monoisotopic (exact) mass is 219 g/mol. The van der Waals surface area contributed by atoms with Crippen LogP contribution in [-0.2, 0) is 0 Å². The van der Waals surface area contributed by atoms with E-state index < -0.39 is 0 Å². The Kier molecular flexibility index (Phi) is 3.21. The second kappa shape index (κ2) is 4.80. The van der Waals surface area contributed by atoms with E-state index in [4.69, 9.17) is 10.3 Å². The lowest BCUT2D eigenvalue weighted by atomic mass is 10.2. The molecule has 0 spiro atoms. The molecular weight excluding hydrogens is 206 g/mol. The predicted molar refractivity (Wildman–Crippen MR) is 57.2 cm³/mol. The molecule has 0 aliphatic rings. The number of rotatable bonds is 4. The van der Waals surface area contributed by atoms with Gasteiger partial charge in [0.2, 0.25) is 17.5 Å². The summed E-state index contributed by atoms with van der Waals surface area (Å²) in [7, 11) is 0. The molecular formula is C10H13N5O. The Morgan fingerprint density at radius 3 is 2.75 bits per heavy atom. The molecule has 0 amide bonds. The fraction of sp³-hybridized carbons (Fsp3) is 0.400. The average Bonchev–Trinajstić information content (AvgIpc) is 2.80. The maximum absolute atomic E-state index is 5.86. The van der Waals surface area contributed by atoms with Gasteiger partial charge in [0.1, 0.15) is 0 Å². The van der Waals surface area contributed by atoms with Crippen molar-refractivity contribution in [2.45, 2.75) is 25.8 Å². The molecule has 16 heavy (non-hydrogen) atoms. The van der Waals surface area contributed by atoms with Crippen LogP contribution >= 0.6 is 0 Å². The number of nitrogens with two attached hydrogens (primary N) is 1. The van der Waals surface area contributed by atoms with Gasteiger partial charge in [-0.1, -0.05) is 18.5 Å². The molecule has 1 atom stereocenters. The zero-order valence-corrected chi connectivity index (χ0v) is 9.00. The normalized spacial score (nSPS) is 12.6. The molecule has 84 valence electrons. The van der Waals surface area contributed by atoms with Gasteiger partial charge in [-0.25, -0.2) is 9.97 Å². The summed E-state index contributed by atoms with van der Waals surface area (Å²) in [5, 5.41) is 3.80. The van der Waals surface area contributed by atoms with E-state index in [0.29, 0.717) is 17.5 Å². The molecule has 0 aliphatic carbocycles. The summed E-state index contributed by atoms with van der Waals surface area (Å²) < 4.78 is 5.07. The van der Waals surface area contributed by atoms with Crippen molar-refractivity contribution in [2.75, 3.05) is 0 Å². The van der Waals surface area contributed by atoms with Crippen molar-refractivity contribution in [3.63, 3.8) is 0 Å². The molecule has 0 aromatic carbocycles. The van der Waals surface area contributed by atoms with E-state index in [-0.39, 0.29) is 6.04 Å². The van der Waals surface area contributed by atoms with Crippen LogP contribution in [0.15, 0.2) is 23.0 Å². The van der Waals surface area contributed by atoms with Crippen molar-refractivity contribution in [1.29, 1.82) is 0 Å². The van der Waals surface area contributed by atoms with E-state index in [1.807, 2.05) is 0 Å². The molecule has 0 aliphatic heterocycles. The molecule has 0 saturated heterocycles. The third-order valence-electron chi connectivity index (χ3n) is 2.12. The Hall–Kier alpha value is -1.82. The summed E-state index contributed by atoms with van der Waals surface area (Å²) in [5.74, 6) is 1.26. The van der Waals surface area contributed by atoms with Crippen LogP contribution in [0.1, 0.15) is 31.7 Å². The van der Waals surface area contributed by atoms with Crippen molar-refractivity contribution in [3.8, 4) is 11.6 Å². The lowest BCUT2D eigenvalue weighted by Crippen LogP contribution is -2.09. The van der Waals surface area contributed by atoms with E-state index in [1.165, 1.54) is 0 Å². The summed E-state index contributed by atoms with van der Waals surface area (Å²) in [6.07, 6.45) is 5.05. The Labute approximate surface area is 92.9 Å². The smallest absolute Gasteiger partial charge is 0.243 e. The van der Waals surface area contributed by atoms with Crippen LogP contribution in [0.2, 0.25) is 0 Å². The minimum atomic E-state index is -0.213. The average molecular weight is 219 g/mol. The van der Waals surface area contributed by atoms with Gasteiger partial charge in [-0.05, 0) is 12.5 Å². The number of nitrogens with zero attached hydrogens (tertiary/aromatic N) is 4. The first kappa shape index (κ1) is 10.7. The maximum Gasteiger partial charge on any atom is 0.243 e. The number of hydrogen-bond acceptors (Lipinski definition) is 6. The largest absolute Gasteiger partial charge is 0.337 e. The number of aromatic nitrogens is 4. The Morgan fingerprint density at radius 2 is 2.06 bits per heavy atom. The first-order valence-corrected chi connectivity index (χ1v) is 5.18. The lowest BCUT2D eigenvalue weighted by molar-refractivity contribution is 0.348. The van der Waals surface area contributed by atoms with Gasteiger partial charge in [-0.15, -0.1) is 0 Å². The van der Waals surface area contributed by atoms with Gasteiger partial charge in [-0.2, -0.15) is 4.98 Å². The van der Waals surface area contributed by atoms with E-state index in [2.05, 4.69) is 27.0 Å². The van der Waals surface area contributed by atoms with Crippen molar-refractivity contribution in [3.05, 3.63) is 24.4 Å². The summed E-state index contributed by atoms with van der Waals surface area (Å²) in [6.45, 7) is 2.05. The topological polar surface area (TPSA) is 90.7 Å². The quantitative estimate of drug-likeness (QED) is 0.834. The van der Waals surface area contributed by atoms with Crippen LogP contribution in [-0.4, -0.2) is 20.1 Å². The molecule has 0 saturated carbocycles. The summed E-state index contributed by atoms with van der Waals surface area (Å²) >= 11 is 0. The third kappa shape index (κ3) is 2.22. The SMILES string of the molecule is CCCC(N)c1nc(-c2ncccn2)no1. The highest BCUT2D eigenvalue weighted by Crippen LogP contribution is 2.16. The molecule has 0 radical (unpaired) electrons. The molecule has 0 fully saturated rings. The van der Waals surface area contributed by atoms with Crippen molar-refractivity contribution >= 4 is 0 Å². The minimum Gasteiger partial charge on any atom is -0.337 e. The van der Waals surface area contributed by atoms with Gasteiger partial charge in [0.25, 0.3) is 0 Å². The van der Waals surface area contributed by atoms with E-state index in [1.54, 1.807) is 18.5 Å². The highest BCUT2D eigenvalue weighted by Gasteiger charge is 2.15. The lowest BCUT2D eigenvalue weighted by Gasteiger charge is -2.01. The third-order valence-corrected chi connectivity index (χ3v) is 2.12. The van der Waals surface area contributed by atoms with Crippen LogP contribution in [0.4, 0.5) is 0 Å². The van der Waals surface area contributed by atoms with Crippen LogP contribution in [0, 0.1) is 0 Å². The second-order valence-electron chi connectivity index (χ2n) is 3.42. The van der Waals surface area contributed by atoms with Gasteiger partial charge in [0.05, 0.1) is 6.04 Å². The fourth-order valence-electron chi connectivity index (χ4n) is 1.33. The standard InChI is InChI=1S/C10H13N5O/c1-2-4-7(11)10-14-9(15-16-10)8-12-5-3-6-13-8/h3,5-7H,2,4,11H2,1H3. The fourth-order valence-corrected chi connectivity index (χ4v) is 1.33. The van der Waals surface area contributed by atoms with Gasteiger partial charge >= 0.3 is 0 Å². The van der Waals surface area contributed by atoms with Crippen molar-refractivity contribution in [1.82, 2.24) is 20.1 Å². The molecule has 2 aromatic rings. The van der Waals surface area contributed by atoms with Crippen LogP contribution in [0.5, 0.6) is 0 Å². The van der Waals surface area contributed by atoms with Crippen LogP contribution in [0.25, 0.3) is 11.6 Å². The highest BCUT2D eigenvalue weighted by molar-refractivity contribution is 5.40. The first-order chi connectivity index (χ1) is 7.81. The Bertz CT molecular complexity index is 441. The predicted octanol–water partition coefficient (Wildman–Crippen LogP) is 1.33. The van der Waals surface area contributed by atoms with Gasteiger partial charge in [0, 0.05) is 12.4 Å². The zero-order valence-electron chi connectivity index (χ0n) is 9.00. The summed E-state index contributed by atoms with van der Waals surface area (Å²) in [6, 6.07) is 1.52. The maximum atomic E-state index is 5.86. The highest BCUT2D eigenvalue weighted by atomic mass is 16.5. The van der Waals surface area contributed by atoms with Gasteiger partial charge in [-0.3, -0.25) is 0 Å². The minimum absolute atomic E-state index is 0.213. The van der Waals surface area contributed by atoms with E-state index >= 15 is 0 Å². The summed E-state index contributed by atoms with van der Waals surface area (Å²) in [5.41, 5.74) is 5.86. The molecule has 6 nitrogen and oxygen atoms in total. The van der Waals surface area contributed by atoms with Crippen molar-refractivity contribution < 1.29 is 4.52 Å². The van der Waals surface area contributed by atoms with Crippen LogP contribution < -0.4 is 5.73 Å². The molecule has 2 rings (SSSR count). The zero-order chi connectivity index (χ0) is 11.4. The van der Waals surface area contributed by atoms with Crippen molar-refractivity contribution in [2.24, 2.45) is 5.73 Å². The Morgan fingerprint density at radius 1 is 1.31 bits per heavy atom. The molecule has 2 heterocycles. The number of hydrogen-bond donors (Lipinski definition) is 1. The second-order valence-corrected chi connectivity index (χ2v) is 3.42. The summed E-state index contributed by atoms with van der Waals surface area (Å²) in [4.78, 5) is 12.2. The van der Waals surface area contributed by atoms with Gasteiger partial charge < -0.3 is 10.3 Å². The molecule has 2 aromatic heterocycles. The molecule has 1 unspecified atom stereocenters. The van der Waals surface area contributed by atoms with Crippen LogP contribution in [0.3, 0.4) is 0 Å². The van der Waals surface area contributed by atoms with E-state index in [0.717, 1.165) is 12.8 Å². The first-order valence-electron chi connectivity index (χ1n) is 5.18.